The molecule has 1 heterocycles. The van der Waals surface area contributed by atoms with Crippen LogP contribution < -0.4 is 0 Å². The van der Waals surface area contributed by atoms with Gasteiger partial charge in [0.05, 0.1) is 6.61 Å². The van der Waals surface area contributed by atoms with Gasteiger partial charge in [-0.15, -0.1) is 0 Å². The van der Waals surface area contributed by atoms with E-state index in [0.29, 0.717) is 0 Å². The molecule has 0 radical (unpaired) electrons. The monoisotopic (exact) mass is 201 g/mol. The number of nitrogens with zero attached hydrogens (tertiary/aromatic N) is 1. The molecule has 0 unspecified atom stereocenters. The molecular formula is C13H15NO. The third-order valence-electron chi connectivity index (χ3n) is 2.65. The number of aliphatic hydroxyl groups is 1. The molecule has 0 saturated heterocycles. The van der Waals surface area contributed by atoms with E-state index in [-0.39, 0.29) is 6.61 Å². The van der Waals surface area contributed by atoms with E-state index < -0.39 is 0 Å². The minimum Gasteiger partial charge on any atom is -0.392 e. The molecular weight excluding hydrogens is 186 g/mol. The summed E-state index contributed by atoms with van der Waals surface area (Å²) in [6.07, 6.45) is 0. The normalized spacial score (nSPS) is 10.6. The van der Waals surface area contributed by atoms with Crippen molar-refractivity contribution in [3.8, 4) is 5.69 Å². The molecule has 1 aromatic carbocycles. The lowest BCUT2D eigenvalue weighted by molar-refractivity contribution is 0.282. The molecule has 0 aliphatic rings. The van der Waals surface area contributed by atoms with Gasteiger partial charge in [0.2, 0.25) is 0 Å². The van der Waals surface area contributed by atoms with Crippen LogP contribution in [0.2, 0.25) is 0 Å². The molecule has 0 aliphatic carbocycles. The Morgan fingerprint density at radius 2 is 1.47 bits per heavy atom. The van der Waals surface area contributed by atoms with Gasteiger partial charge in [0.25, 0.3) is 0 Å². The lowest BCUT2D eigenvalue weighted by atomic mass is 10.2. The highest BCUT2D eigenvalue weighted by Crippen LogP contribution is 2.16. The topological polar surface area (TPSA) is 25.2 Å². The summed E-state index contributed by atoms with van der Waals surface area (Å²) in [5.41, 5.74) is 4.54. The van der Waals surface area contributed by atoms with Gasteiger partial charge in [-0.1, -0.05) is 12.1 Å². The van der Waals surface area contributed by atoms with Crippen molar-refractivity contribution in [1.29, 1.82) is 0 Å². The van der Waals surface area contributed by atoms with Crippen LogP contribution in [0.5, 0.6) is 0 Å². The van der Waals surface area contributed by atoms with Gasteiger partial charge < -0.3 is 9.67 Å². The van der Waals surface area contributed by atoms with E-state index >= 15 is 0 Å². The van der Waals surface area contributed by atoms with Gasteiger partial charge in [-0.25, -0.2) is 0 Å². The molecule has 2 rings (SSSR count). The molecule has 0 aliphatic heterocycles. The van der Waals surface area contributed by atoms with Crippen LogP contribution in [0.25, 0.3) is 5.69 Å². The molecule has 0 bridgehead atoms. The van der Waals surface area contributed by atoms with E-state index in [1.165, 1.54) is 11.4 Å². The van der Waals surface area contributed by atoms with Crippen LogP contribution in [0, 0.1) is 13.8 Å². The summed E-state index contributed by atoms with van der Waals surface area (Å²) in [5, 5.41) is 8.96. The average Bonchev–Trinajstić information content (AvgIpc) is 2.59. The number of hydrogen-bond acceptors (Lipinski definition) is 1. The van der Waals surface area contributed by atoms with E-state index in [1.807, 2.05) is 24.3 Å². The molecule has 0 saturated carbocycles. The summed E-state index contributed by atoms with van der Waals surface area (Å²) in [7, 11) is 0. The number of benzene rings is 1. The molecule has 0 amide bonds. The Balaban J connectivity index is 2.45. The minimum absolute atomic E-state index is 0.101. The summed E-state index contributed by atoms with van der Waals surface area (Å²) in [6.45, 7) is 4.28. The second-order valence-electron chi connectivity index (χ2n) is 3.78. The quantitative estimate of drug-likeness (QED) is 0.793. The average molecular weight is 201 g/mol. The van der Waals surface area contributed by atoms with Gasteiger partial charge >= 0.3 is 0 Å². The Kier molecular flexibility index (Phi) is 2.60. The lowest BCUT2D eigenvalue weighted by Gasteiger charge is -2.09. The second-order valence-corrected chi connectivity index (χ2v) is 3.78. The summed E-state index contributed by atoms with van der Waals surface area (Å²) >= 11 is 0. The second kappa shape index (κ2) is 3.91. The Bertz CT molecular complexity index is 434. The van der Waals surface area contributed by atoms with Crippen molar-refractivity contribution in [3.63, 3.8) is 0 Å². The summed E-state index contributed by atoms with van der Waals surface area (Å²) < 4.78 is 2.20. The predicted molar refractivity (Wildman–Crippen MR) is 61.2 cm³/mol. The van der Waals surface area contributed by atoms with Gasteiger partial charge in [-0.3, -0.25) is 0 Å². The van der Waals surface area contributed by atoms with Crippen LogP contribution in [0.4, 0.5) is 0 Å². The van der Waals surface area contributed by atoms with Crippen molar-refractivity contribution < 1.29 is 5.11 Å². The highest BCUT2D eigenvalue weighted by Gasteiger charge is 2.02. The van der Waals surface area contributed by atoms with E-state index in [4.69, 9.17) is 5.11 Å². The van der Waals surface area contributed by atoms with Gasteiger partial charge in [0.15, 0.2) is 0 Å². The molecule has 78 valence electrons. The molecule has 2 nitrogen and oxygen atoms in total. The van der Waals surface area contributed by atoms with Crippen LogP contribution in [0.15, 0.2) is 36.4 Å². The van der Waals surface area contributed by atoms with Crippen LogP contribution in [0.1, 0.15) is 17.0 Å². The molecule has 2 heteroatoms. The number of hydrogen-bond donors (Lipinski definition) is 1. The maximum absolute atomic E-state index is 8.96. The van der Waals surface area contributed by atoms with Gasteiger partial charge in [-0.2, -0.15) is 0 Å². The maximum Gasteiger partial charge on any atom is 0.0681 e. The Labute approximate surface area is 89.8 Å². The van der Waals surface area contributed by atoms with Gasteiger partial charge in [0, 0.05) is 17.1 Å². The highest BCUT2D eigenvalue weighted by molar-refractivity contribution is 5.39. The number of aliphatic hydroxyl groups excluding tert-OH is 1. The van der Waals surface area contributed by atoms with Crippen molar-refractivity contribution in [2.75, 3.05) is 0 Å². The Morgan fingerprint density at radius 3 is 1.93 bits per heavy atom. The SMILES string of the molecule is Cc1ccc(C)n1-c1ccc(CO)cc1. The fourth-order valence-electron chi connectivity index (χ4n) is 1.83. The first-order valence-electron chi connectivity index (χ1n) is 5.07. The first-order chi connectivity index (χ1) is 7.22. The zero-order chi connectivity index (χ0) is 10.8. The van der Waals surface area contributed by atoms with Crippen LogP contribution in [-0.2, 0) is 6.61 Å². The molecule has 0 fully saturated rings. The zero-order valence-corrected chi connectivity index (χ0v) is 9.07. The van der Waals surface area contributed by atoms with Crippen LogP contribution in [0.3, 0.4) is 0 Å². The van der Waals surface area contributed by atoms with Gasteiger partial charge in [0.1, 0.15) is 0 Å². The number of aryl methyl sites for hydroxylation is 2. The van der Waals surface area contributed by atoms with Crippen molar-refractivity contribution in [1.82, 2.24) is 4.57 Å². The van der Waals surface area contributed by atoms with Crippen LogP contribution in [-0.4, -0.2) is 9.67 Å². The van der Waals surface area contributed by atoms with Gasteiger partial charge in [-0.05, 0) is 43.7 Å². The molecule has 0 spiro atoms. The molecule has 0 atom stereocenters. The van der Waals surface area contributed by atoms with Crippen LogP contribution >= 0.6 is 0 Å². The third kappa shape index (κ3) is 1.81. The van der Waals surface area contributed by atoms with E-state index in [2.05, 4.69) is 30.5 Å². The number of rotatable bonds is 2. The minimum atomic E-state index is 0.101. The lowest BCUT2D eigenvalue weighted by Crippen LogP contribution is -1.98. The zero-order valence-electron chi connectivity index (χ0n) is 9.07. The fourth-order valence-corrected chi connectivity index (χ4v) is 1.83. The van der Waals surface area contributed by atoms with Crippen molar-refractivity contribution in [3.05, 3.63) is 53.3 Å². The van der Waals surface area contributed by atoms with E-state index in [9.17, 15) is 0 Å². The largest absolute Gasteiger partial charge is 0.392 e. The molecule has 2 aromatic rings. The number of aromatic nitrogens is 1. The first kappa shape index (κ1) is 9.99. The highest BCUT2D eigenvalue weighted by atomic mass is 16.3. The first-order valence-corrected chi connectivity index (χ1v) is 5.07. The molecule has 1 aromatic heterocycles. The van der Waals surface area contributed by atoms with E-state index in [0.717, 1.165) is 11.3 Å². The van der Waals surface area contributed by atoms with Crippen molar-refractivity contribution in [2.45, 2.75) is 20.5 Å². The Hall–Kier alpha value is -1.54. The summed E-state index contributed by atoms with van der Waals surface area (Å²) in [5.74, 6) is 0. The summed E-state index contributed by atoms with van der Waals surface area (Å²) in [4.78, 5) is 0. The fraction of sp³-hybridized carbons (Fsp3) is 0.231. The molecule has 15 heavy (non-hydrogen) atoms. The third-order valence-corrected chi connectivity index (χ3v) is 2.65. The summed E-state index contributed by atoms with van der Waals surface area (Å²) in [6, 6.07) is 12.2. The Morgan fingerprint density at radius 1 is 0.933 bits per heavy atom. The van der Waals surface area contributed by atoms with E-state index in [1.54, 1.807) is 0 Å². The smallest absolute Gasteiger partial charge is 0.0681 e. The maximum atomic E-state index is 8.96. The van der Waals surface area contributed by atoms with Crippen molar-refractivity contribution in [2.24, 2.45) is 0 Å². The van der Waals surface area contributed by atoms with Crippen molar-refractivity contribution >= 4 is 0 Å². The predicted octanol–water partition coefficient (Wildman–Crippen LogP) is 2.59. The standard InChI is InChI=1S/C13H15NO/c1-10-3-4-11(2)14(10)13-7-5-12(9-15)6-8-13/h3-8,15H,9H2,1-2H3. The molecule has 1 N–H and O–H groups in total.